The molecule has 2 N–H and O–H groups in total. The third-order valence-electron chi connectivity index (χ3n) is 3.13. The van der Waals surface area contributed by atoms with Crippen LogP contribution in [0.15, 0.2) is 30.3 Å². The Hall–Kier alpha value is -2.83. The van der Waals surface area contributed by atoms with Crippen LogP contribution in [0.25, 0.3) is 6.08 Å². The summed E-state index contributed by atoms with van der Waals surface area (Å²) in [6.45, 7) is 3.18. The normalized spacial score (nSPS) is 11.6. The van der Waals surface area contributed by atoms with E-state index in [9.17, 15) is 14.4 Å². The molecule has 0 aromatic heterocycles. The van der Waals surface area contributed by atoms with Crippen molar-refractivity contribution in [3.63, 3.8) is 0 Å². The molecule has 0 aliphatic rings. The highest BCUT2D eigenvalue weighted by Gasteiger charge is 2.11. The van der Waals surface area contributed by atoms with Crippen LogP contribution >= 0.6 is 0 Å². The Labute approximate surface area is 141 Å². The molecule has 0 aliphatic carbocycles. The summed E-state index contributed by atoms with van der Waals surface area (Å²) in [5.41, 5.74) is 0.703. The topological polar surface area (TPSA) is 93.7 Å². The van der Waals surface area contributed by atoms with Crippen molar-refractivity contribution >= 4 is 24.0 Å². The molecule has 1 rings (SSSR count). The number of esters is 1. The van der Waals surface area contributed by atoms with E-state index in [1.807, 2.05) is 19.9 Å². The molecule has 0 radical (unpaired) electrons. The molecule has 24 heavy (non-hydrogen) atoms. The van der Waals surface area contributed by atoms with Gasteiger partial charge in [-0.1, -0.05) is 25.1 Å². The van der Waals surface area contributed by atoms with Gasteiger partial charge in [0.05, 0.1) is 7.11 Å². The molecule has 3 amide bonds. The number of hydrogen-bond acceptors (Lipinski definition) is 5. The fourth-order valence-electron chi connectivity index (χ4n) is 1.67. The van der Waals surface area contributed by atoms with Gasteiger partial charge in [0.1, 0.15) is 5.75 Å². The van der Waals surface area contributed by atoms with E-state index in [1.165, 1.54) is 19.3 Å². The zero-order valence-corrected chi connectivity index (χ0v) is 14.0. The fourth-order valence-corrected chi connectivity index (χ4v) is 1.67. The number of imide groups is 1. The third kappa shape index (κ3) is 6.95. The lowest BCUT2D eigenvalue weighted by Gasteiger charge is -2.11. The van der Waals surface area contributed by atoms with Crippen molar-refractivity contribution in [2.75, 3.05) is 13.7 Å². The third-order valence-corrected chi connectivity index (χ3v) is 3.13. The van der Waals surface area contributed by atoms with E-state index in [0.717, 1.165) is 6.42 Å². The molecule has 0 bridgehead atoms. The van der Waals surface area contributed by atoms with Gasteiger partial charge in [0.25, 0.3) is 5.91 Å². The smallest absolute Gasteiger partial charge is 0.331 e. The number of ether oxygens (including phenoxy) is 2. The quantitative estimate of drug-likeness (QED) is 0.586. The summed E-state index contributed by atoms with van der Waals surface area (Å²) < 4.78 is 9.92. The van der Waals surface area contributed by atoms with Crippen molar-refractivity contribution < 1.29 is 23.9 Å². The summed E-state index contributed by atoms with van der Waals surface area (Å²) in [6, 6.07) is 6.47. The first-order valence-corrected chi connectivity index (χ1v) is 7.54. The van der Waals surface area contributed by atoms with Crippen molar-refractivity contribution in [2.45, 2.75) is 26.3 Å². The summed E-state index contributed by atoms with van der Waals surface area (Å²) in [4.78, 5) is 34.5. The van der Waals surface area contributed by atoms with Crippen LogP contribution in [0.4, 0.5) is 4.79 Å². The van der Waals surface area contributed by atoms with E-state index in [-0.39, 0.29) is 6.04 Å². The Morgan fingerprint density at radius 2 is 1.96 bits per heavy atom. The molecule has 0 spiro atoms. The highest BCUT2D eigenvalue weighted by Crippen LogP contribution is 2.18. The average molecular weight is 334 g/mol. The summed E-state index contributed by atoms with van der Waals surface area (Å²) >= 11 is 0. The molecule has 7 nitrogen and oxygen atoms in total. The zero-order chi connectivity index (χ0) is 17.9. The van der Waals surface area contributed by atoms with Gasteiger partial charge in [0.2, 0.25) is 0 Å². The molecule has 0 unspecified atom stereocenters. The first kappa shape index (κ1) is 19.2. The van der Waals surface area contributed by atoms with Crippen LogP contribution in [0.2, 0.25) is 0 Å². The lowest BCUT2D eigenvalue weighted by molar-refractivity contribution is -0.143. The number of nitrogens with one attached hydrogen (secondary N) is 2. The monoisotopic (exact) mass is 334 g/mol. The number of urea groups is 1. The number of amides is 3. The predicted octanol–water partition coefficient (Wildman–Crippen LogP) is 1.88. The van der Waals surface area contributed by atoms with Crippen molar-refractivity contribution in [2.24, 2.45) is 0 Å². The fraction of sp³-hybridized carbons (Fsp3) is 0.353. The minimum atomic E-state index is -0.699. The largest absolute Gasteiger partial charge is 0.496 e. The van der Waals surface area contributed by atoms with Gasteiger partial charge in [-0.25, -0.2) is 9.59 Å². The number of methoxy groups -OCH3 is 1. The summed E-state index contributed by atoms with van der Waals surface area (Å²) in [5.74, 6) is -0.783. The first-order valence-electron chi connectivity index (χ1n) is 7.54. The standard InChI is InChI=1S/C17H22N2O5/c1-4-12(2)18-17(22)19-15(20)11-24-16(21)10-9-13-7-5-6-8-14(13)23-3/h5-10,12H,4,11H2,1-3H3,(H2,18,19,20,22)/b10-9+/t12-/m1/s1. The Morgan fingerprint density at radius 3 is 2.62 bits per heavy atom. The molecule has 1 aromatic carbocycles. The van der Waals surface area contributed by atoms with Crippen molar-refractivity contribution in [1.29, 1.82) is 0 Å². The van der Waals surface area contributed by atoms with Gasteiger partial charge in [0, 0.05) is 17.7 Å². The van der Waals surface area contributed by atoms with Crippen LogP contribution in [0.3, 0.4) is 0 Å². The number of carbonyl (C=O) groups excluding carboxylic acids is 3. The number of hydrogen-bond donors (Lipinski definition) is 2. The predicted molar refractivity (Wildman–Crippen MR) is 89.4 cm³/mol. The van der Waals surface area contributed by atoms with Crippen LogP contribution in [0.5, 0.6) is 5.75 Å². The second kappa shape index (κ2) is 10.0. The number of benzene rings is 1. The molecule has 0 saturated heterocycles. The van der Waals surface area contributed by atoms with Crippen molar-refractivity contribution in [3.8, 4) is 5.75 Å². The first-order chi connectivity index (χ1) is 11.5. The maximum atomic E-state index is 11.6. The van der Waals surface area contributed by atoms with Gasteiger partial charge < -0.3 is 14.8 Å². The van der Waals surface area contributed by atoms with E-state index in [0.29, 0.717) is 11.3 Å². The number of para-hydroxylation sites is 1. The molecule has 7 heteroatoms. The lowest BCUT2D eigenvalue weighted by Crippen LogP contribution is -2.44. The maximum absolute atomic E-state index is 11.6. The molecule has 0 saturated carbocycles. The van der Waals surface area contributed by atoms with E-state index < -0.39 is 24.5 Å². The van der Waals surface area contributed by atoms with Gasteiger partial charge in [-0.2, -0.15) is 0 Å². The van der Waals surface area contributed by atoms with Crippen molar-refractivity contribution in [1.82, 2.24) is 10.6 Å². The summed E-state index contributed by atoms with van der Waals surface area (Å²) in [6.07, 6.45) is 3.45. The minimum absolute atomic E-state index is 0.0517. The molecule has 0 heterocycles. The SMILES string of the molecule is CC[C@@H](C)NC(=O)NC(=O)COC(=O)/C=C/c1ccccc1OC. The molecule has 130 valence electrons. The summed E-state index contributed by atoms with van der Waals surface area (Å²) in [7, 11) is 1.53. The van der Waals surface area contributed by atoms with Crippen LogP contribution < -0.4 is 15.4 Å². The van der Waals surface area contributed by atoms with Crippen LogP contribution in [0.1, 0.15) is 25.8 Å². The van der Waals surface area contributed by atoms with Gasteiger partial charge >= 0.3 is 12.0 Å². The maximum Gasteiger partial charge on any atom is 0.331 e. The Bertz CT molecular complexity index is 613. The van der Waals surface area contributed by atoms with Gasteiger partial charge in [0.15, 0.2) is 6.61 Å². The Morgan fingerprint density at radius 1 is 1.25 bits per heavy atom. The molecule has 0 fully saturated rings. The van der Waals surface area contributed by atoms with E-state index in [1.54, 1.807) is 18.2 Å². The molecule has 1 atom stereocenters. The molecule has 1 aromatic rings. The number of rotatable bonds is 7. The second-order valence-electron chi connectivity index (χ2n) is 5.01. The highest BCUT2D eigenvalue weighted by atomic mass is 16.5. The van der Waals surface area contributed by atoms with Crippen LogP contribution in [-0.4, -0.2) is 37.7 Å². The van der Waals surface area contributed by atoms with E-state index in [2.05, 4.69) is 10.6 Å². The van der Waals surface area contributed by atoms with Gasteiger partial charge in [-0.05, 0) is 25.5 Å². The lowest BCUT2D eigenvalue weighted by atomic mass is 10.2. The van der Waals surface area contributed by atoms with Crippen LogP contribution in [-0.2, 0) is 14.3 Å². The molecular formula is C17H22N2O5. The van der Waals surface area contributed by atoms with E-state index >= 15 is 0 Å². The highest BCUT2D eigenvalue weighted by molar-refractivity contribution is 5.96. The minimum Gasteiger partial charge on any atom is -0.496 e. The Balaban J connectivity index is 2.41. The average Bonchev–Trinajstić information content (AvgIpc) is 2.57. The molecular weight excluding hydrogens is 312 g/mol. The Kier molecular flexibility index (Phi) is 8.04. The molecule has 0 aliphatic heterocycles. The van der Waals surface area contributed by atoms with E-state index in [4.69, 9.17) is 9.47 Å². The zero-order valence-electron chi connectivity index (χ0n) is 14.0. The van der Waals surface area contributed by atoms with Gasteiger partial charge in [-0.15, -0.1) is 0 Å². The summed E-state index contributed by atoms with van der Waals surface area (Å²) in [5, 5.41) is 4.65. The van der Waals surface area contributed by atoms with Gasteiger partial charge in [-0.3, -0.25) is 10.1 Å². The van der Waals surface area contributed by atoms with Crippen molar-refractivity contribution in [3.05, 3.63) is 35.9 Å². The number of carbonyl (C=O) groups is 3. The second-order valence-corrected chi connectivity index (χ2v) is 5.01. The van der Waals surface area contributed by atoms with Crippen LogP contribution in [0, 0.1) is 0 Å².